The summed E-state index contributed by atoms with van der Waals surface area (Å²) in [5.41, 5.74) is 4.73. The van der Waals surface area contributed by atoms with Crippen LogP contribution in [0.5, 0.6) is 11.5 Å². The van der Waals surface area contributed by atoms with Crippen molar-refractivity contribution in [3.8, 4) is 11.5 Å². The molecule has 3 aromatic carbocycles. The fraction of sp³-hybridized carbons (Fsp3) is 0.280. The minimum Gasteiger partial charge on any atom is -0.491 e. The Balaban J connectivity index is 1.43. The number of nitrogens with one attached hydrogen (secondary N) is 1. The Morgan fingerprint density at radius 2 is 1.50 bits per heavy atom. The summed E-state index contributed by atoms with van der Waals surface area (Å²) >= 11 is 0. The van der Waals surface area contributed by atoms with Crippen LogP contribution in [0.3, 0.4) is 0 Å². The van der Waals surface area contributed by atoms with Crippen LogP contribution >= 0.6 is 0 Å². The molecular formula is C25H29NO2. The summed E-state index contributed by atoms with van der Waals surface area (Å²) in [6.45, 7) is 6.17. The molecule has 0 radical (unpaired) electrons. The van der Waals surface area contributed by atoms with E-state index in [1.807, 2.05) is 30.3 Å². The lowest BCUT2D eigenvalue weighted by Crippen LogP contribution is -2.13. The van der Waals surface area contributed by atoms with Crippen molar-refractivity contribution in [2.75, 3.05) is 25.1 Å². The maximum absolute atomic E-state index is 6.01. The van der Waals surface area contributed by atoms with Crippen LogP contribution in [-0.4, -0.2) is 19.8 Å². The molecule has 0 fully saturated rings. The van der Waals surface area contributed by atoms with Crippen molar-refractivity contribution < 1.29 is 9.47 Å². The van der Waals surface area contributed by atoms with Crippen molar-refractivity contribution in [2.24, 2.45) is 0 Å². The number of aryl methyl sites for hydroxylation is 3. The average Bonchev–Trinajstić information content (AvgIpc) is 2.72. The number of hydrogen-bond donors (Lipinski definition) is 1. The fourth-order valence-electron chi connectivity index (χ4n) is 3.05. The van der Waals surface area contributed by atoms with Crippen LogP contribution < -0.4 is 14.8 Å². The largest absolute Gasteiger partial charge is 0.491 e. The lowest BCUT2D eigenvalue weighted by atomic mass is 10.1. The smallest absolute Gasteiger partial charge is 0.142 e. The van der Waals surface area contributed by atoms with Gasteiger partial charge in [-0.05, 0) is 61.6 Å². The van der Waals surface area contributed by atoms with E-state index in [4.69, 9.17) is 9.47 Å². The van der Waals surface area contributed by atoms with Crippen LogP contribution in [0.1, 0.15) is 23.1 Å². The van der Waals surface area contributed by atoms with Gasteiger partial charge in [0.2, 0.25) is 0 Å². The minimum atomic E-state index is 0.604. The summed E-state index contributed by atoms with van der Waals surface area (Å²) in [4.78, 5) is 0. The molecule has 0 saturated heterocycles. The third-order valence-electron chi connectivity index (χ3n) is 4.62. The molecular weight excluding hydrogens is 346 g/mol. The van der Waals surface area contributed by atoms with Crippen LogP contribution in [0.4, 0.5) is 5.69 Å². The van der Waals surface area contributed by atoms with Gasteiger partial charge in [0.25, 0.3) is 0 Å². The summed E-state index contributed by atoms with van der Waals surface area (Å²) < 4.78 is 11.9. The molecule has 3 nitrogen and oxygen atoms in total. The first-order valence-electron chi connectivity index (χ1n) is 9.92. The van der Waals surface area contributed by atoms with Gasteiger partial charge in [0, 0.05) is 6.54 Å². The van der Waals surface area contributed by atoms with Crippen LogP contribution in [0.25, 0.3) is 0 Å². The Morgan fingerprint density at radius 3 is 2.36 bits per heavy atom. The van der Waals surface area contributed by atoms with E-state index in [1.165, 1.54) is 11.1 Å². The van der Waals surface area contributed by atoms with Crippen molar-refractivity contribution in [1.82, 2.24) is 0 Å². The summed E-state index contributed by atoms with van der Waals surface area (Å²) in [6.07, 6.45) is 2.02. The molecule has 0 atom stereocenters. The van der Waals surface area contributed by atoms with Gasteiger partial charge in [-0.3, -0.25) is 0 Å². The Hall–Kier alpha value is -2.94. The van der Waals surface area contributed by atoms with Gasteiger partial charge >= 0.3 is 0 Å². The standard InChI is InChI=1S/C25H29NO2/c1-20-14-15-21(2)25(19-20)28-18-16-26-23-12-6-7-13-24(23)27-17-8-11-22-9-4-3-5-10-22/h3-7,9-10,12-15,19,26H,8,11,16-18H2,1-2H3. The lowest BCUT2D eigenvalue weighted by molar-refractivity contribution is 0.311. The topological polar surface area (TPSA) is 30.5 Å². The molecule has 0 amide bonds. The molecule has 0 saturated carbocycles. The van der Waals surface area contributed by atoms with Gasteiger partial charge in [0.15, 0.2) is 0 Å². The van der Waals surface area contributed by atoms with Gasteiger partial charge in [-0.2, -0.15) is 0 Å². The molecule has 0 heterocycles. The Bertz CT molecular complexity index is 861. The van der Waals surface area contributed by atoms with Crippen LogP contribution in [-0.2, 0) is 6.42 Å². The zero-order chi connectivity index (χ0) is 19.6. The number of hydrogen-bond acceptors (Lipinski definition) is 3. The Kier molecular flexibility index (Phi) is 7.36. The molecule has 0 unspecified atom stereocenters. The molecule has 0 spiro atoms. The second kappa shape index (κ2) is 10.4. The zero-order valence-corrected chi connectivity index (χ0v) is 16.8. The molecule has 3 rings (SSSR count). The molecule has 1 N–H and O–H groups in total. The SMILES string of the molecule is Cc1ccc(C)c(OCCNc2ccccc2OCCCc2ccccc2)c1. The second-order valence-corrected chi connectivity index (χ2v) is 6.98. The lowest BCUT2D eigenvalue weighted by Gasteiger charge is -2.14. The van der Waals surface area contributed by atoms with Crippen molar-refractivity contribution in [3.05, 3.63) is 89.5 Å². The highest BCUT2D eigenvalue weighted by Crippen LogP contribution is 2.24. The highest BCUT2D eigenvalue weighted by molar-refractivity contribution is 5.56. The van der Waals surface area contributed by atoms with Crippen LogP contribution in [0.15, 0.2) is 72.8 Å². The summed E-state index contributed by atoms with van der Waals surface area (Å²) in [5.74, 6) is 1.84. The predicted octanol–water partition coefficient (Wildman–Crippen LogP) is 5.81. The minimum absolute atomic E-state index is 0.604. The molecule has 146 valence electrons. The maximum atomic E-state index is 6.01. The van der Waals surface area contributed by atoms with Gasteiger partial charge in [-0.15, -0.1) is 0 Å². The van der Waals surface area contributed by atoms with Gasteiger partial charge < -0.3 is 14.8 Å². The first-order valence-corrected chi connectivity index (χ1v) is 9.92. The summed E-state index contributed by atoms with van der Waals surface area (Å²) in [5, 5.41) is 3.43. The van der Waals surface area contributed by atoms with E-state index in [9.17, 15) is 0 Å². The van der Waals surface area contributed by atoms with Gasteiger partial charge in [0.05, 0.1) is 12.3 Å². The third-order valence-corrected chi connectivity index (χ3v) is 4.62. The molecule has 3 heteroatoms. The average molecular weight is 376 g/mol. The number of anilines is 1. The highest BCUT2D eigenvalue weighted by atomic mass is 16.5. The quantitative estimate of drug-likeness (QED) is 0.454. The van der Waals surface area contributed by atoms with Gasteiger partial charge in [-0.1, -0.05) is 54.6 Å². The van der Waals surface area contributed by atoms with E-state index in [2.05, 4.69) is 61.6 Å². The normalized spacial score (nSPS) is 10.5. The van der Waals surface area contributed by atoms with E-state index >= 15 is 0 Å². The predicted molar refractivity (Wildman–Crippen MR) is 117 cm³/mol. The van der Waals surface area contributed by atoms with Crippen molar-refractivity contribution in [1.29, 1.82) is 0 Å². The number of rotatable bonds is 10. The molecule has 0 aromatic heterocycles. The molecule has 0 bridgehead atoms. The summed E-state index contributed by atoms with van der Waals surface area (Å²) in [7, 11) is 0. The molecule has 0 aliphatic rings. The molecule has 0 aliphatic carbocycles. The first-order chi connectivity index (χ1) is 13.7. The number of ether oxygens (including phenoxy) is 2. The van der Waals surface area contributed by atoms with Crippen molar-refractivity contribution >= 4 is 5.69 Å². The van der Waals surface area contributed by atoms with Crippen molar-refractivity contribution in [2.45, 2.75) is 26.7 Å². The second-order valence-electron chi connectivity index (χ2n) is 6.98. The van der Waals surface area contributed by atoms with Crippen molar-refractivity contribution in [3.63, 3.8) is 0 Å². The Morgan fingerprint density at radius 1 is 0.750 bits per heavy atom. The number of benzene rings is 3. The van der Waals surface area contributed by atoms with Gasteiger partial charge in [-0.25, -0.2) is 0 Å². The molecule has 28 heavy (non-hydrogen) atoms. The Labute approximate surface area is 168 Å². The highest BCUT2D eigenvalue weighted by Gasteiger charge is 2.04. The maximum Gasteiger partial charge on any atom is 0.142 e. The number of para-hydroxylation sites is 2. The fourth-order valence-corrected chi connectivity index (χ4v) is 3.05. The molecule has 3 aromatic rings. The van der Waals surface area contributed by atoms with E-state index in [0.717, 1.165) is 42.1 Å². The van der Waals surface area contributed by atoms with E-state index < -0.39 is 0 Å². The van der Waals surface area contributed by atoms with E-state index in [-0.39, 0.29) is 0 Å². The van der Waals surface area contributed by atoms with Gasteiger partial charge in [0.1, 0.15) is 18.1 Å². The monoisotopic (exact) mass is 375 g/mol. The third kappa shape index (κ3) is 6.05. The summed E-state index contributed by atoms with van der Waals surface area (Å²) in [6, 6.07) is 24.9. The van der Waals surface area contributed by atoms with E-state index in [0.29, 0.717) is 13.2 Å². The molecule has 0 aliphatic heterocycles. The van der Waals surface area contributed by atoms with Crippen LogP contribution in [0, 0.1) is 13.8 Å². The zero-order valence-electron chi connectivity index (χ0n) is 16.8. The van der Waals surface area contributed by atoms with Crippen LogP contribution in [0.2, 0.25) is 0 Å². The van der Waals surface area contributed by atoms with E-state index in [1.54, 1.807) is 0 Å². The first kappa shape index (κ1) is 19.8.